The Bertz CT molecular complexity index is 3000. The molecule has 0 unspecified atom stereocenters. The number of anilines is 3. The lowest BCUT2D eigenvalue weighted by Gasteiger charge is -2.28. The molecular formula is C54H41NO. The van der Waals surface area contributed by atoms with Gasteiger partial charge < -0.3 is 9.32 Å². The first-order chi connectivity index (χ1) is 27.3. The molecule has 56 heavy (non-hydrogen) atoms. The quantitative estimate of drug-likeness (QED) is 0.176. The minimum absolute atomic E-state index is 0.121. The Kier molecular flexibility index (Phi) is 6.98. The van der Waals surface area contributed by atoms with Crippen LogP contribution >= 0.6 is 0 Å². The molecule has 9 aromatic rings. The summed E-state index contributed by atoms with van der Waals surface area (Å²) in [6, 6.07) is 64.4. The predicted octanol–water partition coefficient (Wildman–Crippen LogP) is 15.0. The van der Waals surface area contributed by atoms with Gasteiger partial charge >= 0.3 is 0 Å². The lowest BCUT2D eigenvalue weighted by Crippen LogP contribution is -2.16. The fraction of sp³-hybridized carbons (Fsp3) is 0.111. The highest BCUT2D eigenvalue weighted by molar-refractivity contribution is 6.18. The highest BCUT2D eigenvalue weighted by atomic mass is 16.3. The van der Waals surface area contributed by atoms with Gasteiger partial charge in [0.1, 0.15) is 11.2 Å². The first-order valence-corrected chi connectivity index (χ1v) is 19.7. The summed E-state index contributed by atoms with van der Waals surface area (Å²) in [6.07, 6.45) is 0. The molecule has 0 fully saturated rings. The molecule has 8 aromatic carbocycles. The zero-order valence-electron chi connectivity index (χ0n) is 32.1. The molecular weight excluding hydrogens is 679 g/mol. The summed E-state index contributed by atoms with van der Waals surface area (Å²) < 4.78 is 6.85. The fourth-order valence-corrected chi connectivity index (χ4v) is 9.84. The van der Waals surface area contributed by atoms with Gasteiger partial charge in [0.05, 0.1) is 0 Å². The van der Waals surface area contributed by atoms with E-state index in [2.05, 4.69) is 209 Å². The van der Waals surface area contributed by atoms with E-state index in [9.17, 15) is 0 Å². The third kappa shape index (κ3) is 4.69. The summed E-state index contributed by atoms with van der Waals surface area (Å²) in [6.45, 7) is 9.40. The summed E-state index contributed by atoms with van der Waals surface area (Å²) >= 11 is 0. The van der Waals surface area contributed by atoms with Crippen LogP contribution in [-0.4, -0.2) is 0 Å². The van der Waals surface area contributed by atoms with E-state index in [4.69, 9.17) is 4.42 Å². The molecule has 2 aliphatic carbocycles. The highest BCUT2D eigenvalue weighted by Gasteiger charge is 2.39. The lowest BCUT2D eigenvalue weighted by atomic mass is 9.81. The number of fused-ring (bicyclic) bond motifs is 9. The molecule has 0 N–H and O–H groups in total. The van der Waals surface area contributed by atoms with Gasteiger partial charge in [-0.05, 0) is 110 Å². The maximum absolute atomic E-state index is 6.85. The van der Waals surface area contributed by atoms with Crippen LogP contribution in [0, 0.1) is 0 Å². The molecule has 1 aromatic heterocycles. The van der Waals surface area contributed by atoms with Gasteiger partial charge in [-0.1, -0.05) is 155 Å². The van der Waals surface area contributed by atoms with Crippen molar-refractivity contribution in [3.8, 4) is 44.5 Å². The number of benzene rings is 8. The first-order valence-electron chi connectivity index (χ1n) is 19.7. The monoisotopic (exact) mass is 719 g/mol. The Morgan fingerprint density at radius 2 is 0.911 bits per heavy atom. The molecule has 2 heteroatoms. The van der Waals surface area contributed by atoms with Crippen molar-refractivity contribution in [2.24, 2.45) is 0 Å². The van der Waals surface area contributed by atoms with Gasteiger partial charge in [0, 0.05) is 44.2 Å². The number of nitrogens with zero attached hydrogens (tertiary/aromatic N) is 1. The highest BCUT2D eigenvalue weighted by Crippen LogP contribution is 2.56. The Balaban J connectivity index is 1.16. The van der Waals surface area contributed by atoms with Gasteiger partial charge in [-0.15, -0.1) is 0 Å². The summed E-state index contributed by atoms with van der Waals surface area (Å²) in [5, 5.41) is 2.27. The van der Waals surface area contributed by atoms with Crippen LogP contribution in [0.15, 0.2) is 180 Å². The summed E-state index contributed by atoms with van der Waals surface area (Å²) in [5.74, 6) is 0. The van der Waals surface area contributed by atoms with Crippen molar-refractivity contribution in [3.05, 3.63) is 198 Å². The first kappa shape index (κ1) is 32.8. The van der Waals surface area contributed by atoms with Gasteiger partial charge in [-0.25, -0.2) is 0 Å². The van der Waals surface area contributed by atoms with Crippen molar-refractivity contribution in [1.29, 1.82) is 0 Å². The Labute approximate surface area is 328 Å². The predicted molar refractivity (Wildman–Crippen MR) is 234 cm³/mol. The molecule has 0 saturated carbocycles. The maximum Gasteiger partial charge on any atom is 0.136 e. The second-order valence-electron chi connectivity index (χ2n) is 16.5. The van der Waals surface area contributed by atoms with Crippen molar-refractivity contribution in [1.82, 2.24) is 0 Å². The smallest absolute Gasteiger partial charge is 0.136 e. The third-order valence-corrected chi connectivity index (χ3v) is 12.7. The van der Waals surface area contributed by atoms with E-state index in [1.165, 1.54) is 66.8 Å². The zero-order chi connectivity index (χ0) is 37.8. The van der Waals surface area contributed by atoms with E-state index in [-0.39, 0.29) is 10.8 Å². The number of furan rings is 1. The number of rotatable bonds is 5. The van der Waals surface area contributed by atoms with E-state index in [1.54, 1.807) is 0 Å². The molecule has 0 radical (unpaired) electrons. The molecule has 2 nitrogen and oxygen atoms in total. The maximum atomic E-state index is 6.85. The van der Waals surface area contributed by atoms with Gasteiger partial charge in [-0.3, -0.25) is 0 Å². The Hall–Kier alpha value is -6.64. The van der Waals surface area contributed by atoms with Crippen LogP contribution in [0.3, 0.4) is 0 Å². The van der Waals surface area contributed by atoms with E-state index in [0.29, 0.717) is 0 Å². The molecule has 11 rings (SSSR count). The lowest BCUT2D eigenvalue weighted by molar-refractivity contribution is 0.647. The molecule has 2 aliphatic rings. The molecule has 268 valence electrons. The standard InChI is InChI=1S/C54H41NO/c1-53(2)44-21-13-11-19-40(44)41-29-27-39(32-46(41)53)55(37-25-23-35(24-26-37)34-15-7-5-8-16-34)38-28-30-48-43(31-38)52-49(56-48)33-47-51(50(52)36-17-9-6-10-18-36)42-20-12-14-22-45(42)54(47,3)4/h5-33H,1-4H3. The van der Waals surface area contributed by atoms with E-state index in [1.807, 2.05) is 0 Å². The van der Waals surface area contributed by atoms with Crippen molar-refractivity contribution in [2.45, 2.75) is 38.5 Å². The van der Waals surface area contributed by atoms with Gasteiger partial charge in [0.15, 0.2) is 0 Å². The normalized spacial score (nSPS) is 14.4. The average Bonchev–Trinajstić information content (AvgIpc) is 3.80. The van der Waals surface area contributed by atoms with E-state index >= 15 is 0 Å². The Morgan fingerprint density at radius 1 is 0.375 bits per heavy atom. The van der Waals surface area contributed by atoms with Crippen molar-refractivity contribution in [2.75, 3.05) is 4.90 Å². The summed E-state index contributed by atoms with van der Waals surface area (Å²) in [7, 11) is 0. The van der Waals surface area contributed by atoms with Crippen molar-refractivity contribution < 1.29 is 4.42 Å². The molecule has 0 bridgehead atoms. The zero-order valence-corrected chi connectivity index (χ0v) is 32.1. The Morgan fingerprint density at radius 3 is 1.64 bits per heavy atom. The minimum Gasteiger partial charge on any atom is -0.456 e. The van der Waals surface area contributed by atoms with Gasteiger partial charge in [0.25, 0.3) is 0 Å². The van der Waals surface area contributed by atoms with Crippen LogP contribution in [0.25, 0.3) is 66.4 Å². The molecule has 0 amide bonds. The van der Waals surface area contributed by atoms with Crippen LogP contribution in [-0.2, 0) is 10.8 Å². The topological polar surface area (TPSA) is 16.4 Å². The number of hydrogen-bond donors (Lipinski definition) is 0. The third-order valence-electron chi connectivity index (χ3n) is 12.7. The van der Waals surface area contributed by atoms with E-state index in [0.717, 1.165) is 39.0 Å². The van der Waals surface area contributed by atoms with Crippen LogP contribution in [0.4, 0.5) is 17.1 Å². The molecule has 0 atom stereocenters. The second-order valence-corrected chi connectivity index (χ2v) is 16.5. The number of hydrogen-bond acceptors (Lipinski definition) is 2. The summed E-state index contributed by atoms with van der Waals surface area (Å²) in [5.41, 5.74) is 20.3. The van der Waals surface area contributed by atoms with Gasteiger partial charge in [0.2, 0.25) is 0 Å². The van der Waals surface area contributed by atoms with Crippen LogP contribution in [0.1, 0.15) is 49.9 Å². The van der Waals surface area contributed by atoms with Crippen LogP contribution < -0.4 is 4.90 Å². The molecule has 1 heterocycles. The second kappa shape index (κ2) is 11.9. The van der Waals surface area contributed by atoms with Crippen molar-refractivity contribution >= 4 is 39.0 Å². The minimum atomic E-state index is -0.155. The average molecular weight is 720 g/mol. The molecule has 0 aliphatic heterocycles. The van der Waals surface area contributed by atoms with Crippen LogP contribution in [0.2, 0.25) is 0 Å². The van der Waals surface area contributed by atoms with Crippen molar-refractivity contribution in [3.63, 3.8) is 0 Å². The molecule has 0 spiro atoms. The van der Waals surface area contributed by atoms with Crippen LogP contribution in [0.5, 0.6) is 0 Å². The van der Waals surface area contributed by atoms with E-state index < -0.39 is 0 Å². The largest absolute Gasteiger partial charge is 0.456 e. The summed E-state index contributed by atoms with van der Waals surface area (Å²) in [4.78, 5) is 2.42. The fourth-order valence-electron chi connectivity index (χ4n) is 9.84. The van der Waals surface area contributed by atoms with Gasteiger partial charge in [-0.2, -0.15) is 0 Å². The molecule has 0 saturated heterocycles. The SMILES string of the molecule is CC1(C)c2ccccc2-c2ccc(N(c3ccc(-c4ccccc4)cc3)c3ccc4oc5cc6c(c(-c7ccccc7)c5c4c3)-c3ccccc3C6(C)C)cc21.